The van der Waals surface area contributed by atoms with Crippen molar-refractivity contribution >= 4 is 22.6 Å². The highest BCUT2D eigenvalue weighted by atomic mass is 35.5. The average molecular weight is 212 g/mol. The average Bonchev–Trinajstić information content (AvgIpc) is 2.27. The Morgan fingerprint density at radius 2 is 2.00 bits per heavy atom. The van der Waals surface area contributed by atoms with E-state index in [1.807, 2.05) is 0 Å². The second-order valence-electron chi connectivity index (χ2n) is 2.71. The third-order valence-electron chi connectivity index (χ3n) is 1.86. The Labute approximate surface area is 87.0 Å². The van der Waals surface area contributed by atoms with E-state index in [2.05, 4.69) is 5.16 Å². The topological polar surface area (TPSA) is 49.7 Å². The van der Waals surface area contributed by atoms with E-state index in [0.29, 0.717) is 17.5 Å². The van der Waals surface area contributed by atoms with Crippen LogP contribution in [0.15, 0.2) is 29.4 Å². The van der Waals surface area contributed by atoms with Crippen LogP contribution in [0.25, 0.3) is 0 Å². The Hall–Kier alpha value is -1.35. The predicted molar refractivity (Wildman–Crippen MR) is 55.2 cm³/mol. The number of benzene rings is 1. The summed E-state index contributed by atoms with van der Waals surface area (Å²) in [6, 6.07) is 6.78. The number of hydrogen-bond donors (Lipinski definition) is 1. The number of carbonyl (C=O) groups excluding carboxylic acids is 1. The molecule has 4 heteroatoms. The van der Waals surface area contributed by atoms with Crippen LogP contribution in [0.5, 0.6) is 0 Å². The van der Waals surface area contributed by atoms with Crippen LogP contribution in [0.2, 0.25) is 0 Å². The molecule has 0 aromatic heterocycles. The van der Waals surface area contributed by atoms with Gasteiger partial charge >= 0.3 is 0 Å². The van der Waals surface area contributed by atoms with Gasteiger partial charge in [0.2, 0.25) is 0 Å². The zero-order valence-electron chi connectivity index (χ0n) is 7.70. The first-order valence-electron chi connectivity index (χ1n) is 4.20. The molecular weight excluding hydrogens is 202 g/mol. The molecule has 0 aliphatic rings. The third kappa shape index (κ3) is 2.12. The van der Waals surface area contributed by atoms with Crippen molar-refractivity contribution in [1.29, 1.82) is 0 Å². The van der Waals surface area contributed by atoms with Gasteiger partial charge < -0.3 is 5.21 Å². The summed E-state index contributed by atoms with van der Waals surface area (Å²) in [7, 11) is 0. The summed E-state index contributed by atoms with van der Waals surface area (Å²) < 4.78 is 0. The Morgan fingerprint density at radius 1 is 1.43 bits per heavy atom. The van der Waals surface area contributed by atoms with E-state index in [9.17, 15) is 4.79 Å². The van der Waals surface area contributed by atoms with Gasteiger partial charge in [0.15, 0.2) is 11.0 Å². The lowest BCUT2D eigenvalue weighted by atomic mass is 10.0. The zero-order valence-corrected chi connectivity index (χ0v) is 8.45. The molecule has 0 bridgehead atoms. The lowest BCUT2D eigenvalue weighted by molar-refractivity contribution is 0.0988. The summed E-state index contributed by atoms with van der Waals surface area (Å²) in [6.45, 7) is 1.77. The number of halogens is 1. The van der Waals surface area contributed by atoms with Gasteiger partial charge in [-0.3, -0.25) is 4.79 Å². The van der Waals surface area contributed by atoms with Gasteiger partial charge in [-0.1, -0.05) is 47.9 Å². The summed E-state index contributed by atoms with van der Waals surface area (Å²) in [6.07, 6.45) is 0.395. The molecule has 0 atom stereocenters. The standard InChI is InChI=1S/C10H10ClNO2/c1-2-9(13)7-5-3-4-6-8(7)10(11)12-14/h3-6,14H,2H2,1H3. The van der Waals surface area contributed by atoms with Crippen molar-refractivity contribution in [1.82, 2.24) is 0 Å². The molecule has 0 unspecified atom stereocenters. The summed E-state index contributed by atoms with van der Waals surface area (Å²) >= 11 is 5.64. The number of ketones is 1. The van der Waals surface area contributed by atoms with Crippen LogP contribution in [0.3, 0.4) is 0 Å². The fourth-order valence-corrected chi connectivity index (χ4v) is 1.32. The minimum atomic E-state index is -0.0672. The van der Waals surface area contributed by atoms with Crippen LogP contribution in [-0.4, -0.2) is 16.2 Å². The molecule has 0 aliphatic heterocycles. The Bertz CT molecular complexity index is 374. The third-order valence-corrected chi connectivity index (χ3v) is 2.14. The lowest BCUT2D eigenvalue weighted by Crippen LogP contribution is -2.04. The molecule has 14 heavy (non-hydrogen) atoms. The largest absolute Gasteiger partial charge is 0.410 e. The SMILES string of the molecule is CCC(=O)c1ccccc1C(Cl)=NO. The van der Waals surface area contributed by atoms with Crippen molar-refractivity contribution in [3.8, 4) is 0 Å². The maximum atomic E-state index is 11.5. The molecule has 0 saturated carbocycles. The molecule has 1 rings (SSSR count). The number of rotatable bonds is 3. The van der Waals surface area contributed by atoms with Crippen LogP contribution in [0.4, 0.5) is 0 Å². The Kier molecular flexibility index (Phi) is 3.65. The fraction of sp³-hybridized carbons (Fsp3) is 0.200. The van der Waals surface area contributed by atoms with Gasteiger partial charge in [0.1, 0.15) is 0 Å². The second-order valence-corrected chi connectivity index (χ2v) is 3.07. The van der Waals surface area contributed by atoms with Crippen LogP contribution >= 0.6 is 11.6 Å². The number of carbonyl (C=O) groups is 1. The summed E-state index contributed by atoms with van der Waals surface area (Å²) in [5.41, 5.74) is 0.946. The first kappa shape index (κ1) is 10.7. The molecule has 3 nitrogen and oxygen atoms in total. The lowest BCUT2D eigenvalue weighted by Gasteiger charge is -2.03. The van der Waals surface area contributed by atoms with E-state index >= 15 is 0 Å². The molecule has 1 N–H and O–H groups in total. The minimum Gasteiger partial charge on any atom is -0.410 e. The van der Waals surface area contributed by atoms with Gasteiger partial charge in [0.05, 0.1) is 0 Å². The second kappa shape index (κ2) is 4.77. The van der Waals surface area contributed by atoms with Crippen LogP contribution in [-0.2, 0) is 0 Å². The van der Waals surface area contributed by atoms with Crippen molar-refractivity contribution < 1.29 is 10.0 Å². The molecule has 0 spiro atoms. The van der Waals surface area contributed by atoms with Crippen molar-refractivity contribution in [3.05, 3.63) is 35.4 Å². The predicted octanol–water partition coefficient (Wildman–Crippen LogP) is 2.65. The fourth-order valence-electron chi connectivity index (χ4n) is 1.15. The molecule has 0 radical (unpaired) electrons. The molecule has 0 heterocycles. The summed E-state index contributed by atoms with van der Waals surface area (Å²) in [5, 5.41) is 11.3. The smallest absolute Gasteiger partial charge is 0.176 e. The first-order valence-corrected chi connectivity index (χ1v) is 4.58. The number of oxime groups is 1. The van der Waals surface area contributed by atoms with Gasteiger partial charge in [-0.25, -0.2) is 0 Å². The minimum absolute atomic E-state index is 0.0256. The van der Waals surface area contributed by atoms with Gasteiger partial charge in [-0.05, 0) is 0 Å². The van der Waals surface area contributed by atoms with Crippen molar-refractivity contribution in [2.24, 2.45) is 5.16 Å². The normalized spacial score (nSPS) is 11.4. The van der Waals surface area contributed by atoms with Gasteiger partial charge in [-0.2, -0.15) is 0 Å². The summed E-state index contributed by atoms with van der Waals surface area (Å²) in [4.78, 5) is 11.5. The highest BCUT2D eigenvalue weighted by Gasteiger charge is 2.12. The van der Waals surface area contributed by atoms with E-state index < -0.39 is 0 Å². The van der Waals surface area contributed by atoms with Gasteiger partial charge in [-0.15, -0.1) is 0 Å². The number of Topliss-reactive ketones (excluding diaryl/α,β-unsaturated/α-hetero) is 1. The Morgan fingerprint density at radius 3 is 2.50 bits per heavy atom. The molecule has 74 valence electrons. The van der Waals surface area contributed by atoms with E-state index in [1.165, 1.54) is 0 Å². The Balaban J connectivity index is 3.23. The molecule has 0 saturated heterocycles. The maximum Gasteiger partial charge on any atom is 0.176 e. The quantitative estimate of drug-likeness (QED) is 0.362. The van der Waals surface area contributed by atoms with E-state index in [1.54, 1.807) is 31.2 Å². The van der Waals surface area contributed by atoms with Gasteiger partial charge in [0, 0.05) is 17.5 Å². The maximum absolute atomic E-state index is 11.5. The first-order chi connectivity index (χ1) is 6.70. The molecule has 1 aromatic rings. The van der Waals surface area contributed by atoms with E-state index in [-0.39, 0.29) is 11.0 Å². The van der Waals surface area contributed by atoms with Crippen molar-refractivity contribution in [2.75, 3.05) is 0 Å². The van der Waals surface area contributed by atoms with Crippen LogP contribution in [0.1, 0.15) is 29.3 Å². The number of nitrogens with zero attached hydrogens (tertiary/aromatic N) is 1. The molecule has 0 fully saturated rings. The van der Waals surface area contributed by atoms with E-state index in [0.717, 1.165) is 0 Å². The highest BCUT2D eigenvalue weighted by Crippen LogP contribution is 2.14. The molecule has 0 aliphatic carbocycles. The molecular formula is C10H10ClNO2. The van der Waals surface area contributed by atoms with Gasteiger partial charge in [0.25, 0.3) is 0 Å². The molecule has 1 aromatic carbocycles. The van der Waals surface area contributed by atoms with E-state index in [4.69, 9.17) is 16.8 Å². The molecule has 0 amide bonds. The summed E-state index contributed by atoms with van der Waals surface area (Å²) in [5.74, 6) is -0.0256. The van der Waals surface area contributed by atoms with Crippen molar-refractivity contribution in [2.45, 2.75) is 13.3 Å². The zero-order chi connectivity index (χ0) is 10.6. The van der Waals surface area contributed by atoms with Crippen molar-refractivity contribution in [3.63, 3.8) is 0 Å². The highest BCUT2D eigenvalue weighted by molar-refractivity contribution is 6.70. The van der Waals surface area contributed by atoms with Crippen LogP contribution < -0.4 is 0 Å². The monoisotopic (exact) mass is 211 g/mol. The number of hydrogen-bond acceptors (Lipinski definition) is 3. The van der Waals surface area contributed by atoms with Crippen LogP contribution in [0, 0.1) is 0 Å².